The average Bonchev–Trinajstić information content (AvgIpc) is 3.24. The third-order valence-electron chi connectivity index (χ3n) is 4.96. The van der Waals surface area contributed by atoms with Crippen molar-refractivity contribution in [3.05, 3.63) is 50.9 Å². The lowest BCUT2D eigenvalue weighted by Gasteiger charge is -2.23. The van der Waals surface area contributed by atoms with Gasteiger partial charge in [-0.25, -0.2) is 9.97 Å². The first kappa shape index (κ1) is 22.0. The molecular formula is C20H18ClF3N4OS2. The molecule has 0 N–H and O–H groups in total. The summed E-state index contributed by atoms with van der Waals surface area (Å²) in [6.45, 7) is 3.95. The Kier molecular flexibility index (Phi) is 6.23. The van der Waals surface area contributed by atoms with Crippen molar-refractivity contribution in [3.63, 3.8) is 0 Å². The summed E-state index contributed by atoms with van der Waals surface area (Å²) >= 11 is 8.78. The van der Waals surface area contributed by atoms with Gasteiger partial charge in [-0.2, -0.15) is 13.2 Å². The Labute approximate surface area is 190 Å². The topological polar surface area (TPSA) is 49.3 Å². The first-order valence-corrected chi connectivity index (χ1v) is 11.5. The van der Waals surface area contributed by atoms with Gasteiger partial charge in [-0.1, -0.05) is 11.6 Å². The molecule has 1 aliphatic rings. The number of aryl methyl sites for hydroxylation is 1. The lowest BCUT2D eigenvalue weighted by atomic mass is 10.2. The minimum atomic E-state index is -4.41. The molecule has 4 rings (SSSR count). The molecule has 0 saturated carbocycles. The number of carbonyl (C=O) groups excluding carboxylic acids is 1. The summed E-state index contributed by atoms with van der Waals surface area (Å²) in [5, 5.41) is 0.767. The van der Waals surface area contributed by atoms with Crippen molar-refractivity contribution in [2.24, 2.45) is 0 Å². The van der Waals surface area contributed by atoms with Crippen LogP contribution >= 0.6 is 34.3 Å². The molecule has 164 valence electrons. The van der Waals surface area contributed by atoms with Crippen molar-refractivity contribution in [3.8, 4) is 9.88 Å². The Bertz CT molecular complexity index is 1080. The standard InChI is InChI=1S/C20H18ClF3N4OS2/c1-12-17(31-18(26-12)14-4-5-15(21)30-14)19(29)28-8-2-7-27(9-10-28)16-6-3-13(11-25-16)20(22,23)24/h3-6,11H,2,7-10H2,1H3. The van der Waals surface area contributed by atoms with Crippen LogP contribution in [0.2, 0.25) is 4.34 Å². The molecule has 0 bridgehead atoms. The van der Waals surface area contributed by atoms with Crippen LogP contribution in [0.1, 0.15) is 27.3 Å². The molecule has 0 aliphatic carbocycles. The third kappa shape index (κ3) is 4.86. The quantitative estimate of drug-likeness (QED) is 0.483. The van der Waals surface area contributed by atoms with Crippen molar-refractivity contribution in [1.29, 1.82) is 0 Å². The molecule has 3 aromatic rings. The first-order valence-electron chi connectivity index (χ1n) is 9.53. The number of nitrogens with zero attached hydrogens (tertiary/aromatic N) is 4. The van der Waals surface area contributed by atoms with E-state index in [0.29, 0.717) is 53.3 Å². The zero-order chi connectivity index (χ0) is 22.2. The second-order valence-corrected chi connectivity index (χ2v) is 9.79. The molecule has 3 aromatic heterocycles. The van der Waals surface area contributed by atoms with E-state index in [-0.39, 0.29) is 5.91 Å². The van der Waals surface area contributed by atoms with Gasteiger partial charge in [0.05, 0.1) is 20.5 Å². The summed E-state index contributed by atoms with van der Waals surface area (Å²) < 4.78 is 39.0. The second-order valence-electron chi connectivity index (χ2n) is 7.07. The van der Waals surface area contributed by atoms with Gasteiger partial charge in [0, 0.05) is 32.4 Å². The molecule has 0 spiro atoms. The summed E-state index contributed by atoms with van der Waals surface area (Å²) in [6.07, 6.45) is -2.87. The predicted octanol–water partition coefficient (Wildman–Crippen LogP) is 5.60. The SMILES string of the molecule is Cc1nc(-c2ccc(Cl)s2)sc1C(=O)N1CCCN(c2ccc(C(F)(F)F)cn2)CC1. The van der Waals surface area contributed by atoms with Gasteiger partial charge >= 0.3 is 6.18 Å². The number of hydrogen-bond donors (Lipinski definition) is 0. The lowest BCUT2D eigenvalue weighted by molar-refractivity contribution is -0.137. The number of carbonyl (C=O) groups is 1. The Morgan fingerprint density at radius 3 is 2.55 bits per heavy atom. The van der Waals surface area contributed by atoms with E-state index in [0.717, 1.165) is 22.1 Å². The third-order valence-corrected chi connectivity index (χ3v) is 7.50. The average molecular weight is 487 g/mol. The van der Waals surface area contributed by atoms with Crippen molar-refractivity contribution < 1.29 is 18.0 Å². The van der Waals surface area contributed by atoms with Crippen molar-refractivity contribution >= 4 is 46.0 Å². The molecule has 1 amide bonds. The number of pyridine rings is 1. The van der Waals surface area contributed by atoms with Crippen LogP contribution in [0.3, 0.4) is 0 Å². The number of amides is 1. The van der Waals surface area contributed by atoms with Crippen LogP contribution in [0.15, 0.2) is 30.5 Å². The number of thiazole rings is 1. The highest BCUT2D eigenvalue weighted by Crippen LogP contribution is 2.35. The molecular weight excluding hydrogens is 469 g/mol. The summed E-state index contributed by atoms with van der Waals surface area (Å²) in [5.74, 6) is 0.402. The van der Waals surface area contributed by atoms with Crippen LogP contribution in [-0.2, 0) is 6.18 Å². The normalized spacial score (nSPS) is 15.3. The fraction of sp³-hybridized carbons (Fsp3) is 0.350. The number of thiophene rings is 1. The van der Waals surface area contributed by atoms with Gasteiger partial charge in [0.15, 0.2) is 0 Å². The Morgan fingerprint density at radius 1 is 1.10 bits per heavy atom. The monoisotopic (exact) mass is 486 g/mol. The van der Waals surface area contributed by atoms with Gasteiger partial charge < -0.3 is 9.80 Å². The maximum Gasteiger partial charge on any atom is 0.417 e. The number of halogens is 4. The van der Waals surface area contributed by atoms with Crippen molar-refractivity contribution in [2.45, 2.75) is 19.5 Å². The summed E-state index contributed by atoms with van der Waals surface area (Å²) in [5.41, 5.74) is -0.0913. The minimum Gasteiger partial charge on any atom is -0.355 e. The first-order chi connectivity index (χ1) is 14.7. The predicted molar refractivity (Wildman–Crippen MR) is 117 cm³/mol. The number of hydrogen-bond acceptors (Lipinski definition) is 6. The van der Waals surface area contributed by atoms with Gasteiger partial charge in [-0.15, -0.1) is 22.7 Å². The second kappa shape index (κ2) is 8.76. The lowest BCUT2D eigenvalue weighted by Crippen LogP contribution is -2.35. The molecule has 1 fully saturated rings. The number of aromatic nitrogens is 2. The van der Waals surface area contributed by atoms with E-state index in [1.165, 1.54) is 28.7 Å². The van der Waals surface area contributed by atoms with E-state index in [4.69, 9.17) is 11.6 Å². The highest BCUT2D eigenvalue weighted by Gasteiger charge is 2.31. The van der Waals surface area contributed by atoms with Crippen LogP contribution < -0.4 is 4.90 Å². The van der Waals surface area contributed by atoms with E-state index in [1.54, 1.807) is 11.0 Å². The molecule has 31 heavy (non-hydrogen) atoms. The highest BCUT2D eigenvalue weighted by molar-refractivity contribution is 7.24. The summed E-state index contributed by atoms with van der Waals surface area (Å²) in [4.78, 5) is 26.9. The van der Waals surface area contributed by atoms with Crippen LogP contribution in [0.5, 0.6) is 0 Å². The Balaban J connectivity index is 1.45. The summed E-state index contributed by atoms with van der Waals surface area (Å²) in [7, 11) is 0. The molecule has 1 aliphatic heterocycles. The van der Waals surface area contributed by atoms with Crippen molar-refractivity contribution in [2.75, 3.05) is 31.1 Å². The zero-order valence-electron chi connectivity index (χ0n) is 16.4. The molecule has 0 unspecified atom stereocenters. The van der Waals surface area contributed by atoms with Crippen molar-refractivity contribution in [1.82, 2.24) is 14.9 Å². The zero-order valence-corrected chi connectivity index (χ0v) is 18.8. The molecule has 5 nitrogen and oxygen atoms in total. The Hall–Kier alpha value is -2.17. The molecule has 1 saturated heterocycles. The molecule has 0 atom stereocenters. The van der Waals surface area contributed by atoms with Crippen LogP contribution in [0.25, 0.3) is 9.88 Å². The van der Waals surface area contributed by atoms with Gasteiger partial charge in [0.2, 0.25) is 0 Å². The largest absolute Gasteiger partial charge is 0.417 e. The van der Waals surface area contributed by atoms with E-state index < -0.39 is 11.7 Å². The summed E-state index contributed by atoms with van der Waals surface area (Å²) in [6, 6.07) is 6.11. The Morgan fingerprint density at radius 2 is 1.90 bits per heavy atom. The number of alkyl halides is 3. The molecule has 0 aromatic carbocycles. The van der Waals surface area contributed by atoms with Crippen LogP contribution in [-0.4, -0.2) is 47.0 Å². The maximum absolute atomic E-state index is 13.1. The van der Waals surface area contributed by atoms with E-state index in [9.17, 15) is 18.0 Å². The molecule has 0 radical (unpaired) electrons. The highest BCUT2D eigenvalue weighted by atomic mass is 35.5. The minimum absolute atomic E-state index is 0.0777. The smallest absolute Gasteiger partial charge is 0.355 e. The maximum atomic E-state index is 13.1. The van der Waals surface area contributed by atoms with Crippen LogP contribution in [0.4, 0.5) is 19.0 Å². The fourth-order valence-corrected chi connectivity index (χ4v) is 5.50. The van der Waals surface area contributed by atoms with Crippen LogP contribution in [0, 0.1) is 6.92 Å². The molecule has 4 heterocycles. The van der Waals surface area contributed by atoms with E-state index in [2.05, 4.69) is 9.97 Å². The van der Waals surface area contributed by atoms with Gasteiger partial charge in [0.25, 0.3) is 5.91 Å². The van der Waals surface area contributed by atoms with Gasteiger partial charge in [-0.05, 0) is 37.6 Å². The fourth-order valence-electron chi connectivity index (χ4n) is 3.36. The van der Waals surface area contributed by atoms with Gasteiger partial charge in [0.1, 0.15) is 15.7 Å². The van der Waals surface area contributed by atoms with Gasteiger partial charge in [-0.3, -0.25) is 4.79 Å². The molecule has 11 heteroatoms. The number of anilines is 1. The van der Waals surface area contributed by atoms with E-state index >= 15 is 0 Å². The van der Waals surface area contributed by atoms with E-state index in [1.807, 2.05) is 17.9 Å². The number of rotatable bonds is 3.